The first-order valence-corrected chi connectivity index (χ1v) is 9.35. The summed E-state index contributed by atoms with van der Waals surface area (Å²) in [7, 11) is 4.79. The molecule has 3 rings (SSSR count). The standard InChI is InChI=1S/C21H26FN3O3/c1-24(21(26)17-10-11-19(27-2)23-20(17)28-3)16-8-6-12-25(14-16)13-15-7-4-5-9-18(15)22/h4-5,7,9-11,16H,6,8,12-14H2,1-3H3/t16-/m1/s1. The molecule has 1 amide bonds. The first-order valence-electron chi connectivity index (χ1n) is 9.35. The van der Waals surface area contributed by atoms with Crippen molar-refractivity contribution in [2.45, 2.75) is 25.4 Å². The number of carbonyl (C=O) groups is 1. The van der Waals surface area contributed by atoms with Gasteiger partial charge in [-0.2, -0.15) is 4.98 Å². The zero-order chi connectivity index (χ0) is 20.1. The van der Waals surface area contributed by atoms with Crippen LogP contribution in [0, 0.1) is 5.82 Å². The largest absolute Gasteiger partial charge is 0.481 e. The highest BCUT2D eigenvalue weighted by Gasteiger charge is 2.29. The normalized spacial score (nSPS) is 17.2. The van der Waals surface area contributed by atoms with Crippen LogP contribution in [-0.4, -0.2) is 61.1 Å². The fraction of sp³-hybridized carbons (Fsp3) is 0.429. The van der Waals surface area contributed by atoms with E-state index in [1.807, 2.05) is 12.1 Å². The Labute approximate surface area is 164 Å². The quantitative estimate of drug-likeness (QED) is 0.763. The molecular formula is C21H26FN3O3. The number of nitrogens with zero attached hydrogens (tertiary/aromatic N) is 3. The molecule has 0 spiro atoms. The number of carbonyl (C=O) groups excluding carboxylic acids is 1. The van der Waals surface area contributed by atoms with Crippen molar-refractivity contribution in [3.63, 3.8) is 0 Å². The van der Waals surface area contributed by atoms with Gasteiger partial charge in [0.2, 0.25) is 11.8 Å². The molecule has 0 N–H and O–H groups in total. The molecule has 0 radical (unpaired) electrons. The van der Waals surface area contributed by atoms with Crippen molar-refractivity contribution in [1.82, 2.24) is 14.8 Å². The summed E-state index contributed by atoms with van der Waals surface area (Å²) in [5.41, 5.74) is 1.08. The van der Waals surface area contributed by atoms with Crippen LogP contribution in [0.4, 0.5) is 4.39 Å². The van der Waals surface area contributed by atoms with E-state index < -0.39 is 0 Å². The first kappa shape index (κ1) is 20.1. The van der Waals surface area contributed by atoms with Crippen LogP contribution >= 0.6 is 0 Å². The molecule has 1 aliphatic heterocycles. The van der Waals surface area contributed by atoms with Crippen molar-refractivity contribution >= 4 is 5.91 Å². The number of hydrogen-bond acceptors (Lipinski definition) is 5. The molecule has 7 heteroatoms. The lowest BCUT2D eigenvalue weighted by Crippen LogP contribution is -2.48. The number of hydrogen-bond donors (Lipinski definition) is 0. The number of halogens is 1. The average Bonchev–Trinajstić information content (AvgIpc) is 2.74. The van der Waals surface area contributed by atoms with Gasteiger partial charge >= 0.3 is 0 Å². The highest BCUT2D eigenvalue weighted by Crippen LogP contribution is 2.24. The number of ether oxygens (including phenoxy) is 2. The second-order valence-electron chi connectivity index (χ2n) is 6.95. The van der Waals surface area contributed by atoms with Crippen molar-refractivity contribution in [1.29, 1.82) is 0 Å². The summed E-state index contributed by atoms with van der Waals surface area (Å²) in [5, 5.41) is 0. The minimum atomic E-state index is -0.192. The van der Waals surface area contributed by atoms with Crippen LogP contribution in [0.5, 0.6) is 11.8 Å². The van der Waals surface area contributed by atoms with E-state index in [2.05, 4.69) is 9.88 Å². The maximum atomic E-state index is 14.0. The van der Waals surface area contributed by atoms with E-state index in [9.17, 15) is 9.18 Å². The Morgan fingerprint density at radius 3 is 2.75 bits per heavy atom. The molecule has 0 aliphatic carbocycles. The summed E-state index contributed by atoms with van der Waals surface area (Å²) in [4.78, 5) is 21.2. The number of likely N-dealkylation sites (tertiary alicyclic amines) is 1. The van der Waals surface area contributed by atoms with Gasteiger partial charge in [-0.1, -0.05) is 18.2 Å². The third-order valence-electron chi connectivity index (χ3n) is 5.17. The predicted octanol–water partition coefficient (Wildman–Crippen LogP) is 2.97. The van der Waals surface area contributed by atoms with Gasteiger partial charge in [-0.15, -0.1) is 0 Å². The molecule has 1 fully saturated rings. The molecule has 6 nitrogen and oxygen atoms in total. The Morgan fingerprint density at radius 2 is 2.04 bits per heavy atom. The minimum Gasteiger partial charge on any atom is -0.481 e. The van der Waals surface area contributed by atoms with Crippen molar-refractivity contribution < 1.29 is 18.7 Å². The smallest absolute Gasteiger partial charge is 0.259 e. The third kappa shape index (κ3) is 4.42. The Kier molecular flexibility index (Phi) is 6.46. The molecule has 1 aromatic carbocycles. The Morgan fingerprint density at radius 1 is 1.25 bits per heavy atom. The number of piperidine rings is 1. The summed E-state index contributed by atoms with van der Waals surface area (Å²) < 4.78 is 24.3. The van der Waals surface area contributed by atoms with Crippen LogP contribution in [-0.2, 0) is 6.54 Å². The van der Waals surface area contributed by atoms with Crippen molar-refractivity contribution in [2.24, 2.45) is 0 Å². The van der Waals surface area contributed by atoms with Gasteiger partial charge in [-0.25, -0.2) is 4.39 Å². The number of aromatic nitrogens is 1. The molecule has 0 saturated carbocycles. The average molecular weight is 387 g/mol. The molecule has 1 aliphatic rings. The van der Waals surface area contributed by atoms with E-state index in [1.165, 1.54) is 20.3 Å². The lowest BCUT2D eigenvalue weighted by Gasteiger charge is -2.37. The van der Waals surface area contributed by atoms with Gasteiger partial charge in [0.25, 0.3) is 5.91 Å². The fourth-order valence-electron chi connectivity index (χ4n) is 3.57. The predicted molar refractivity (Wildman–Crippen MR) is 104 cm³/mol. The van der Waals surface area contributed by atoms with Crippen molar-refractivity contribution in [2.75, 3.05) is 34.4 Å². The molecular weight excluding hydrogens is 361 g/mol. The Hall–Kier alpha value is -2.67. The van der Waals surface area contributed by atoms with Gasteiger partial charge in [-0.05, 0) is 31.5 Å². The zero-order valence-electron chi connectivity index (χ0n) is 16.5. The van der Waals surface area contributed by atoms with Crippen LogP contribution < -0.4 is 9.47 Å². The van der Waals surface area contributed by atoms with Gasteiger partial charge in [0, 0.05) is 37.8 Å². The van der Waals surface area contributed by atoms with Gasteiger partial charge in [0.05, 0.1) is 14.2 Å². The topological polar surface area (TPSA) is 54.9 Å². The van der Waals surface area contributed by atoms with Crippen LogP contribution in [0.25, 0.3) is 0 Å². The van der Waals surface area contributed by atoms with Gasteiger partial charge in [0.1, 0.15) is 11.4 Å². The summed E-state index contributed by atoms with van der Waals surface area (Å²) in [5.74, 6) is 0.299. The van der Waals surface area contributed by atoms with E-state index in [1.54, 1.807) is 30.1 Å². The summed E-state index contributed by atoms with van der Waals surface area (Å²) in [6.45, 7) is 2.13. The van der Waals surface area contributed by atoms with Crippen LogP contribution in [0.3, 0.4) is 0 Å². The van der Waals surface area contributed by atoms with E-state index in [4.69, 9.17) is 9.47 Å². The summed E-state index contributed by atoms with van der Waals surface area (Å²) in [6.07, 6.45) is 1.86. The molecule has 150 valence electrons. The van der Waals surface area contributed by atoms with Gasteiger partial charge in [-0.3, -0.25) is 9.69 Å². The van der Waals surface area contributed by atoms with E-state index >= 15 is 0 Å². The lowest BCUT2D eigenvalue weighted by molar-refractivity contribution is 0.0604. The Bertz CT molecular complexity index is 830. The number of pyridine rings is 1. The van der Waals surface area contributed by atoms with Gasteiger partial charge in [0.15, 0.2) is 0 Å². The molecule has 1 atom stereocenters. The molecule has 2 heterocycles. The molecule has 1 aromatic heterocycles. The maximum absolute atomic E-state index is 14.0. The van der Waals surface area contributed by atoms with Gasteiger partial charge < -0.3 is 14.4 Å². The number of benzene rings is 1. The minimum absolute atomic E-state index is 0.0415. The van der Waals surface area contributed by atoms with Crippen molar-refractivity contribution in [3.8, 4) is 11.8 Å². The highest BCUT2D eigenvalue weighted by atomic mass is 19.1. The SMILES string of the molecule is COc1ccc(C(=O)N(C)[C@@H]2CCCN(Cc3ccccc3F)C2)c(OC)n1. The molecule has 0 bridgehead atoms. The molecule has 0 unspecified atom stereocenters. The number of rotatable bonds is 6. The van der Waals surface area contributed by atoms with E-state index in [0.29, 0.717) is 30.1 Å². The van der Waals surface area contributed by atoms with Crippen molar-refractivity contribution in [3.05, 3.63) is 53.3 Å². The lowest BCUT2D eigenvalue weighted by atomic mass is 10.0. The second kappa shape index (κ2) is 9.01. The van der Waals surface area contributed by atoms with E-state index in [0.717, 1.165) is 19.4 Å². The maximum Gasteiger partial charge on any atom is 0.259 e. The highest BCUT2D eigenvalue weighted by molar-refractivity contribution is 5.96. The monoisotopic (exact) mass is 387 g/mol. The third-order valence-corrected chi connectivity index (χ3v) is 5.17. The fourth-order valence-corrected chi connectivity index (χ4v) is 3.57. The molecule has 2 aromatic rings. The summed E-state index contributed by atoms with van der Waals surface area (Å²) in [6, 6.07) is 10.2. The summed E-state index contributed by atoms with van der Waals surface area (Å²) >= 11 is 0. The molecule has 28 heavy (non-hydrogen) atoms. The van der Waals surface area contributed by atoms with Crippen LogP contribution in [0.2, 0.25) is 0 Å². The number of amides is 1. The first-order chi connectivity index (χ1) is 13.5. The van der Waals surface area contributed by atoms with Crippen LogP contribution in [0.1, 0.15) is 28.8 Å². The zero-order valence-corrected chi connectivity index (χ0v) is 16.5. The second-order valence-corrected chi connectivity index (χ2v) is 6.95. The van der Waals surface area contributed by atoms with Crippen LogP contribution in [0.15, 0.2) is 36.4 Å². The van der Waals surface area contributed by atoms with E-state index in [-0.39, 0.29) is 23.6 Å². The molecule has 1 saturated heterocycles. The number of methoxy groups -OCH3 is 2. The number of likely N-dealkylation sites (N-methyl/N-ethyl adjacent to an activating group) is 1. The Balaban J connectivity index is 1.70.